The molecule has 2 saturated carbocycles. The van der Waals surface area contributed by atoms with E-state index in [4.69, 9.17) is 4.42 Å². The van der Waals surface area contributed by atoms with Crippen molar-refractivity contribution in [2.24, 2.45) is 11.8 Å². The molecule has 0 bridgehead atoms. The van der Waals surface area contributed by atoms with Crippen LogP contribution in [0.4, 0.5) is 0 Å². The second-order valence-corrected chi connectivity index (χ2v) is 5.42. The fourth-order valence-corrected chi connectivity index (χ4v) is 3.07. The molecule has 0 saturated heterocycles. The van der Waals surface area contributed by atoms with Gasteiger partial charge in [0.2, 0.25) is 0 Å². The summed E-state index contributed by atoms with van der Waals surface area (Å²) >= 11 is 0. The number of hydrogen-bond acceptors (Lipinski definition) is 2. The lowest BCUT2D eigenvalue weighted by atomic mass is 9.83. The Kier molecular flexibility index (Phi) is 3.00. The van der Waals surface area contributed by atoms with Gasteiger partial charge in [-0.2, -0.15) is 0 Å². The van der Waals surface area contributed by atoms with Gasteiger partial charge in [0.15, 0.2) is 0 Å². The SMILES string of the molecule is c1coc(CNC2CCCC(C3CC3)C2)c1. The molecule has 0 aliphatic heterocycles. The van der Waals surface area contributed by atoms with Crippen LogP contribution in [0.25, 0.3) is 0 Å². The molecule has 16 heavy (non-hydrogen) atoms. The van der Waals surface area contributed by atoms with Crippen molar-refractivity contribution >= 4 is 0 Å². The van der Waals surface area contributed by atoms with Gasteiger partial charge in [0.05, 0.1) is 12.8 Å². The van der Waals surface area contributed by atoms with Gasteiger partial charge in [-0.15, -0.1) is 0 Å². The van der Waals surface area contributed by atoms with Gasteiger partial charge in [-0.05, 0) is 49.7 Å². The summed E-state index contributed by atoms with van der Waals surface area (Å²) < 4.78 is 5.35. The van der Waals surface area contributed by atoms with Crippen molar-refractivity contribution in [2.45, 2.75) is 51.1 Å². The quantitative estimate of drug-likeness (QED) is 0.840. The number of furan rings is 1. The molecule has 1 aromatic heterocycles. The van der Waals surface area contributed by atoms with Gasteiger partial charge in [0.25, 0.3) is 0 Å². The molecular weight excluding hydrogens is 198 g/mol. The molecule has 2 fully saturated rings. The van der Waals surface area contributed by atoms with Crippen LogP contribution in [0.15, 0.2) is 22.8 Å². The highest BCUT2D eigenvalue weighted by atomic mass is 16.3. The fourth-order valence-electron chi connectivity index (χ4n) is 3.07. The minimum absolute atomic E-state index is 0.726. The van der Waals surface area contributed by atoms with Crippen molar-refractivity contribution in [3.63, 3.8) is 0 Å². The highest BCUT2D eigenvalue weighted by Crippen LogP contribution is 2.43. The van der Waals surface area contributed by atoms with Gasteiger partial charge in [-0.1, -0.05) is 12.8 Å². The molecule has 1 aromatic rings. The third kappa shape index (κ3) is 2.49. The first-order chi connectivity index (χ1) is 7.92. The third-order valence-corrected chi connectivity index (χ3v) is 4.15. The lowest BCUT2D eigenvalue weighted by molar-refractivity contribution is 0.256. The van der Waals surface area contributed by atoms with Crippen molar-refractivity contribution in [3.05, 3.63) is 24.2 Å². The van der Waals surface area contributed by atoms with Crippen LogP contribution < -0.4 is 5.32 Å². The molecule has 0 amide bonds. The maximum absolute atomic E-state index is 5.35. The predicted octanol–water partition coefficient (Wildman–Crippen LogP) is 3.34. The van der Waals surface area contributed by atoms with Crippen LogP contribution in [0, 0.1) is 11.8 Å². The van der Waals surface area contributed by atoms with Crippen molar-refractivity contribution in [1.82, 2.24) is 5.32 Å². The Bertz CT molecular complexity index is 315. The second kappa shape index (κ2) is 4.62. The fraction of sp³-hybridized carbons (Fsp3) is 0.714. The molecule has 1 N–H and O–H groups in total. The summed E-state index contributed by atoms with van der Waals surface area (Å²) in [6.45, 7) is 0.898. The maximum atomic E-state index is 5.35. The summed E-state index contributed by atoms with van der Waals surface area (Å²) in [7, 11) is 0. The van der Waals surface area contributed by atoms with Gasteiger partial charge >= 0.3 is 0 Å². The predicted molar refractivity (Wildman–Crippen MR) is 64.0 cm³/mol. The van der Waals surface area contributed by atoms with Gasteiger partial charge in [-0.3, -0.25) is 0 Å². The van der Waals surface area contributed by atoms with E-state index in [1.807, 2.05) is 12.1 Å². The second-order valence-electron chi connectivity index (χ2n) is 5.42. The van der Waals surface area contributed by atoms with E-state index >= 15 is 0 Å². The van der Waals surface area contributed by atoms with Crippen LogP contribution in [-0.4, -0.2) is 6.04 Å². The standard InChI is InChI=1S/C14H21NO/c1-3-12(11-6-7-11)9-13(4-1)15-10-14-5-2-8-16-14/h2,5,8,11-13,15H,1,3-4,6-7,9-10H2. The van der Waals surface area contributed by atoms with E-state index < -0.39 is 0 Å². The van der Waals surface area contributed by atoms with Crippen molar-refractivity contribution in [1.29, 1.82) is 0 Å². The van der Waals surface area contributed by atoms with Crippen LogP contribution in [-0.2, 0) is 6.54 Å². The van der Waals surface area contributed by atoms with E-state index in [1.54, 1.807) is 6.26 Å². The largest absolute Gasteiger partial charge is 0.468 e. The van der Waals surface area contributed by atoms with Gasteiger partial charge < -0.3 is 9.73 Å². The molecular formula is C14H21NO. The Hall–Kier alpha value is -0.760. The lowest BCUT2D eigenvalue weighted by Gasteiger charge is -2.29. The first-order valence-corrected chi connectivity index (χ1v) is 6.67. The summed E-state index contributed by atoms with van der Waals surface area (Å²) in [6, 6.07) is 4.74. The lowest BCUT2D eigenvalue weighted by Crippen LogP contribution is -2.34. The maximum Gasteiger partial charge on any atom is 0.117 e. The summed E-state index contributed by atoms with van der Waals surface area (Å²) in [6.07, 6.45) is 10.4. The highest BCUT2D eigenvalue weighted by Gasteiger charge is 2.34. The zero-order chi connectivity index (χ0) is 10.8. The molecule has 2 aliphatic rings. The average Bonchev–Trinajstić information content (AvgIpc) is 3.05. The minimum Gasteiger partial charge on any atom is -0.468 e. The molecule has 0 aromatic carbocycles. The molecule has 2 atom stereocenters. The average molecular weight is 219 g/mol. The molecule has 3 rings (SSSR count). The Labute approximate surface area is 97.4 Å². The molecule has 1 heterocycles. The van der Waals surface area contributed by atoms with Crippen LogP contribution in [0.1, 0.15) is 44.3 Å². The monoisotopic (exact) mass is 219 g/mol. The van der Waals surface area contributed by atoms with E-state index in [0.29, 0.717) is 0 Å². The normalized spacial score (nSPS) is 30.5. The smallest absolute Gasteiger partial charge is 0.117 e. The summed E-state index contributed by atoms with van der Waals surface area (Å²) in [5.74, 6) is 3.16. The van der Waals surface area contributed by atoms with E-state index in [9.17, 15) is 0 Å². The Morgan fingerprint density at radius 1 is 1.19 bits per heavy atom. The Morgan fingerprint density at radius 2 is 2.12 bits per heavy atom. The molecule has 0 spiro atoms. The third-order valence-electron chi connectivity index (χ3n) is 4.15. The Morgan fingerprint density at radius 3 is 2.88 bits per heavy atom. The van der Waals surface area contributed by atoms with Crippen molar-refractivity contribution in [3.8, 4) is 0 Å². The van der Waals surface area contributed by atoms with Crippen LogP contribution in [0.3, 0.4) is 0 Å². The van der Waals surface area contributed by atoms with Gasteiger partial charge in [0, 0.05) is 6.04 Å². The summed E-state index contributed by atoms with van der Waals surface area (Å²) in [5, 5.41) is 3.64. The zero-order valence-electron chi connectivity index (χ0n) is 9.82. The van der Waals surface area contributed by atoms with Gasteiger partial charge in [0.1, 0.15) is 5.76 Å². The minimum atomic E-state index is 0.726. The molecule has 2 aliphatic carbocycles. The van der Waals surface area contributed by atoms with Crippen LogP contribution >= 0.6 is 0 Å². The van der Waals surface area contributed by atoms with Crippen LogP contribution in [0.2, 0.25) is 0 Å². The van der Waals surface area contributed by atoms with Crippen molar-refractivity contribution in [2.75, 3.05) is 0 Å². The Balaban J connectivity index is 1.47. The highest BCUT2D eigenvalue weighted by molar-refractivity contribution is 4.98. The molecule has 88 valence electrons. The van der Waals surface area contributed by atoms with Crippen LogP contribution in [0.5, 0.6) is 0 Å². The molecule has 2 unspecified atom stereocenters. The number of rotatable bonds is 4. The summed E-state index contributed by atoms with van der Waals surface area (Å²) in [4.78, 5) is 0. The van der Waals surface area contributed by atoms with E-state index in [0.717, 1.165) is 30.2 Å². The molecule has 2 heteroatoms. The summed E-state index contributed by atoms with van der Waals surface area (Å²) in [5.41, 5.74) is 0. The van der Waals surface area contributed by atoms with E-state index in [1.165, 1.54) is 38.5 Å². The topological polar surface area (TPSA) is 25.2 Å². The van der Waals surface area contributed by atoms with Gasteiger partial charge in [-0.25, -0.2) is 0 Å². The van der Waals surface area contributed by atoms with E-state index in [-0.39, 0.29) is 0 Å². The molecule has 0 radical (unpaired) electrons. The zero-order valence-corrected chi connectivity index (χ0v) is 9.82. The first kappa shape index (κ1) is 10.4. The van der Waals surface area contributed by atoms with Crippen molar-refractivity contribution < 1.29 is 4.42 Å². The number of nitrogens with one attached hydrogen (secondary N) is 1. The number of hydrogen-bond donors (Lipinski definition) is 1. The molecule has 2 nitrogen and oxygen atoms in total. The van der Waals surface area contributed by atoms with E-state index in [2.05, 4.69) is 5.32 Å². The first-order valence-electron chi connectivity index (χ1n) is 6.67.